The summed E-state index contributed by atoms with van der Waals surface area (Å²) in [5.74, 6) is 1.26. The highest BCUT2D eigenvalue weighted by Crippen LogP contribution is 2.41. The highest BCUT2D eigenvalue weighted by Gasteiger charge is 2.22. The topological polar surface area (TPSA) is 61.4 Å². The zero-order valence-electron chi connectivity index (χ0n) is 36.8. The van der Waals surface area contributed by atoms with Crippen LogP contribution in [-0.4, -0.2) is 29.1 Å². The van der Waals surface area contributed by atoms with Crippen molar-refractivity contribution in [1.82, 2.24) is 29.1 Å². The van der Waals surface area contributed by atoms with Crippen LogP contribution < -0.4 is 0 Å². The molecule has 0 N–H and O–H groups in total. The lowest BCUT2D eigenvalue weighted by Crippen LogP contribution is -2.03. The fourth-order valence-electron chi connectivity index (χ4n) is 9.78. The molecule has 0 saturated carbocycles. The van der Waals surface area contributed by atoms with Crippen molar-refractivity contribution < 1.29 is 0 Å². The molecule has 0 fully saturated rings. The van der Waals surface area contributed by atoms with Crippen LogP contribution in [-0.2, 0) is 0 Å². The summed E-state index contributed by atoms with van der Waals surface area (Å²) in [6.07, 6.45) is 0. The van der Waals surface area contributed by atoms with Gasteiger partial charge in [-0.1, -0.05) is 188 Å². The third-order valence-corrected chi connectivity index (χ3v) is 13.0. The molecule has 0 aliphatic carbocycles. The summed E-state index contributed by atoms with van der Waals surface area (Å²) >= 11 is 0. The first-order valence-corrected chi connectivity index (χ1v) is 22.9. The molecule has 0 unspecified atom stereocenters. The average Bonchev–Trinajstić information content (AvgIpc) is 3.94. The summed E-state index contributed by atoms with van der Waals surface area (Å²) in [5, 5.41) is 4.76. The summed E-state index contributed by atoms with van der Waals surface area (Å²) in [4.78, 5) is 21.3. The lowest BCUT2D eigenvalue weighted by Gasteiger charge is -2.17. The van der Waals surface area contributed by atoms with Crippen molar-refractivity contribution in [2.45, 2.75) is 0 Å². The molecule has 0 bridgehead atoms. The van der Waals surface area contributed by atoms with Gasteiger partial charge in [0.15, 0.2) is 11.6 Å². The number of hydrogen-bond donors (Lipinski definition) is 0. The fourth-order valence-corrected chi connectivity index (χ4v) is 9.78. The fraction of sp³-hybridized carbons (Fsp3) is 0. The van der Waals surface area contributed by atoms with Gasteiger partial charge in [0, 0.05) is 60.6 Å². The van der Waals surface area contributed by atoms with E-state index in [0.29, 0.717) is 11.6 Å². The van der Waals surface area contributed by atoms with Crippen molar-refractivity contribution in [3.05, 3.63) is 243 Å². The third-order valence-electron chi connectivity index (χ3n) is 13.0. The predicted octanol–water partition coefficient (Wildman–Crippen LogP) is 15.5. The molecule has 0 atom stereocenters. The molecule has 6 nitrogen and oxygen atoms in total. The van der Waals surface area contributed by atoms with Crippen LogP contribution >= 0.6 is 0 Å². The Kier molecular flexibility index (Phi) is 9.39. The van der Waals surface area contributed by atoms with E-state index < -0.39 is 0 Å². The zero-order valence-corrected chi connectivity index (χ0v) is 36.8. The number of rotatable bonds is 8. The van der Waals surface area contributed by atoms with Crippen LogP contribution in [0.25, 0.3) is 123 Å². The standard InChI is InChI=1S/C62H40N6/c1-5-19-41(20-6-1)52-40-55(64-61(63-52)44-25-11-4-12-26-44)45-33-36-59(51(37-45)62-65-53(42-21-7-2-8-22-42)39-54(66-62)43-23-9-3-10-24-43)68-58-32-18-15-29-49(58)50-35-34-46(38-60(50)68)67-56-30-16-13-27-47(56)48-28-14-17-31-57(48)67/h1-40H. The molecule has 0 radical (unpaired) electrons. The molecule has 318 valence electrons. The molecule has 0 spiro atoms. The summed E-state index contributed by atoms with van der Waals surface area (Å²) in [6, 6.07) is 85.0. The van der Waals surface area contributed by atoms with Gasteiger partial charge in [-0.25, -0.2) is 19.9 Å². The molecule has 9 aromatic carbocycles. The van der Waals surface area contributed by atoms with Crippen LogP contribution in [0.1, 0.15) is 0 Å². The smallest absolute Gasteiger partial charge is 0.162 e. The quantitative estimate of drug-likeness (QED) is 0.153. The molecule has 4 heterocycles. The minimum absolute atomic E-state index is 0.604. The van der Waals surface area contributed by atoms with Crippen LogP contribution in [0, 0.1) is 0 Å². The van der Waals surface area contributed by atoms with Gasteiger partial charge in [-0.05, 0) is 54.6 Å². The van der Waals surface area contributed by atoms with Crippen molar-refractivity contribution in [2.75, 3.05) is 0 Å². The van der Waals surface area contributed by atoms with Crippen molar-refractivity contribution in [2.24, 2.45) is 0 Å². The minimum atomic E-state index is 0.604. The van der Waals surface area contributed by atoms with Gasteiger partial charge in [0.05, 0.1) is 50.5 Å². The number of nitrogens with zero attached hydrogens (tertiary/aromatic N) is 6. The Morgan fingerprint density at radius 1 is 0.250 bits per heavy atom. The molecule has 4 aromatic heterocycles. The molecule has 6 heteroatoms. The molecule has 0 aliphatic heterocycles. The molecular weight excluding hydrogens is 829 g/mol. The number of benzene rings is 9. The maximum absolute atomic E-state index is 5.46. The van der Waals surface area contributed by atoms with E-state index in [-0.39, 0.29) is 0 Å². The van der Waals surface area contributed by atoms with E-state index in [0.717, 1.165) is 100 Å². The van der Waals surface area contributed by atoms with E-state index in [2.05, 4.69) is 203 Å². The lowest BCUT2D eigenvalue weighted by molar-refractivity contribution is 1.13. The maximum Gasteiger partial charge on any atom is 0.162 e. The number of hydrogen-bond acceptors (Lipinski definition) is 4. The summed E-state index contributed by atoms with van der Waals surface area (Å²) in [7, 11) is 0. The lowest BCUT2D eigenvalue weighted by atomic mass is 10.0. The first kappa shape index (κ1) is 39.1. The first-order valence-electron chi connectivity index (χ1n) is 22.9. The summed E-state index contributed by atoms with van der Waals surface area (Å²) < 4.78 is 4.78. The highest BCUT2D eigenvalue weighted by atomic mass is 15.0. The Morgan fingerprint density at radius 3 is 1.15 bits per heavy atom. The second-order valence-corrected chi connectivity index (χ2v) is 17.0. The third kappa shape index (κ3) is 6.74. The van der Waals surface area contributed by atoms with Gasteiger partial charge in [-0.3, -0.25) is 0 Å². The van der Waals surface area contributed by atoms with Gasteiger partial charge in [-0.15, -0.1) is 0 Å². The molecule has 68 heavy (non-hydrogen) atoms. The van der Waals surface area contributed by atoms with E-state index >= 15 is 0 Å². The normalized spacial score (nSPS) is 11.5. The number of fused-ring (bicyclic) bond motifs is 6. The predicted molar refractivity (Wildman–Crippen MR) is 279 cm³/mol. The highest BCUT2D eigenvalue weighted by molar-refractivity contribution is 6.12. The molecule has 13 aromatic rings. The van der Waals surface area contributed by atoms with Gasteiger partial charge in [0.2, 0.25) is 0 Å². The molecule has 0 amide bonds. The van der Waals surface area contributed by atoms with Crippen LogP contribution in [0.15, 0.2) is 243 Å². The van der Waals surface area contributed by atoms with Gasteiger partial charge in [0.1, 0.15) is 0 Å². The van der Waals surface area contributed by atoms with Crippen molar-refractivity contribution >= 4 is 43.6 Å². The Bertz CT molecular complexity index is 3840. The Hall–Kier alpha value is -9.26. The van der Waals surface area contributed by atoms with Crippen LogP contribution in [0.2, 0.25) is 0 Å². The van der Waals surface area contributed by atoms with Crippen LogP contribution in [0.4, 0.5) is 0 Å². The largest absolute Gasteiger partial charge is 0.309 e. The average molecular weight is 869 g/mol. The van der Waals surface area contributed by atoms with Gasteiger partial charge in [-0.2, -0.15) is 0 Å². The Balaban J connectivity index is 1.11. The van der Waals surface area contributed by atoms with Crippen molar-refractivity contribution in [3.8, 4) is 79.2 Å². The van der Waals surface area contributed by atoms with E-state index in [1.165, 1.54) is 10.8 Å². The molecule has 0 aliphatic rings. The summed E-state index contributed by atoms with van der Waals surface area (Å²) in [5.41, 5.74) is 15.6. The van der Waals surface area contributed by atoms with Crippen LogP contribution in [0.3, 0.4) is 0 Å². The second kappa shape index (κ2) is 16.3. The summed E-state index contributed by atoms with van der Waals surface area (Å²) in [6.45, 7) is 0. The van der Waals surface area contributed by atoms with Crippen molar-refractivity contribution in [1.29, 1.82) is 0 Å². The van der Waals surface area contributed by atoms with E-state index in [4.69, 9.17) is 19.9 Å². The van der Waals surface area contributed by atoms with E-state index in [1.807, 2.05) is 48.5 Å². The van der Waals surface area contributed by atoms with Gasteiger partial charge < -0.3 is 9.13 Å². The first-order chi connectivity index (χ1) is 33.7. The maximum atomic E-state index is 5.46. The minimum Gasteiger partial charge on any atom is -0.309 e. The SMILES string of the molecule is c1ccc(-c2cc(-c3ccc(-n4c5ccccc5c5ccc(-n6c7ccccc7c7ccccc76)cc54)c(-c4nc(-c5ccccc5)cc(-c5ccccc5)n4)c3)nc(-c3ccccc3)n2)cc1. The van der Waals surface area contributed by atoms with E-state index in [1.54, 1.807) is 0 Å². The number of aromatic nitrogens is 6. The molecular formula is C62H40N6. The van der Waals surface area contributed by atoms with Gasteiger partial charge >= 0.3 is 0 Å². The molecule has 13 rings (SSSR count). The monoisotopic (exact) mass is 868 g/mol. The Labute approximate surface area is 392 Å². The van der Waals surface area contributed by atoms with Gasteiger partial charge in [0.25, 0.3) is 0 Å². The second-order valence-electron chi connectivity index (χ2n) is 17.0. The zero-order chi connectivity index (χ0) is 45.0. The van der Waals surface area contributed by atoms with Crippen molar-refractivity contribution in [3.63, 3.8) is 0 Å². The van der Waals surface area contributed by atoms with Crippen LogP contribution in [0.5, 0.6) is 0 Å². The van der Waals surface area contributed by atoms with E-state index in [9.17, 15) is 0 Å². The Morgan fingerprint density at radius 2 is 0.647 bits per heavy atom. The molecule has 0 saturated heterocycles. The number of para-hydroxylation sites is 3.